The largest absolute Gasteiger partial charge is 0.491 e. The fourth-order valence-electron chi connectivity index (χ4n) is 4.44. The Balaban J connectivity index is 1.38. The van der Waals surface area contributed by atoms with Gasteiger partial charge in [0.15, 0.2) is 0 Å². The molecule has 1 N–H and O–H groups in total. The highest BCUT2D eigenvalue weighted by Gasteiger charge is 2.28. The Kier molecular flexibility index (Phi) is 7.87. The van der Waals surface area contributed by atoms with E-state index in [0.29, 0.717) is 24.9 Å². The summed E-state index contributed by atoms with van der Waals surface area (Å²) in [5.74, 6) is 2.93. The Labute approximate surface area is 219 Å². The smallest absolute Gasteiger partial charge is 0.227 e. The van der Waals surface area contributed by atoms with Crippen LogP contribution in [-0.4, -0.2) is 45.6 Å². The number of aryl methyl sites for hydroxylation is 2. The zero-order valence-electron chi connectivity index (χ0n) is 21.6. The summed E-state index contributed by atoms with van der Waals surface area (Å²) in [5.41, 5.74) is 4.08. The van der Waals surface area contributed by atoms with E-state index >= 15 is 0 Å². The van der Waals surface area contributed by atoms with Gasteiger partial charge in [-0.05, 0) is 69.0 Å². The lowest BCUT2D eigenvalue weighted by Gasteiger charge is -2.25. The zero-order chi connectivity index (χ0) is 25.6. The maximum absolute atomic E-state index is 10.9. The van der Waals surface area contributed by atoms with Gasteiger partial charge in [-0.25, -0.2) is 4.68 Å². The summed E-state index contributed by atoms with van der Waals surface area (Å²) in [6.07, 6.45) is 1.87. The number of para-hydroxylation sites is 2. The summed E-state index contributed by atoms with van der Waals surface area (Å²) >= 11 is 0. The van der Waals surface area contributed by atoms with Crippen molar-refractivity contribution in [2.45, 2.75) is 39.3 Å². The molecule has 1 heterocycles. The van der Waals surface area contributed by atoms with Crippen LogP contribution in [0.1, 0.15) is 29.7 Å². The molecule has 1 aliphatic carbocycles. The highest BCUT2D eigenvalue weighted by Crippen LogP contribution is 2.34. The van der Waals surface area contributed by atoms with Crippen molar-refractivity contribution in [3.05, 3.63) is 102 Å². The third-order valence-electron chi connectivity index (χ3n) is 6.62. The van der Waals surface area contributed by atoms with Crippen LogP contribution in [0.2, 0.25) is 0 Å². The molecule has 6 nitrogen and oxygen atoms in total. The lowest BCUT2D eigenvalue weighted by atomic mass is 10.2. The summed E-state index contributed by atoms with van der Waals surface area (Å²) in [6, 6.07) is 27.8. The van der Waals surface area contributed by atoms with Gasteiger partial charge in [0, 0.05) is 19.6 Å². The second-order valence-corrected chi connectivity index (χ2v) is 9.95. The second kappa shape index (κ2) is 11.6. The first-order chi connectivity index (χ1) is 18.0. The number of aromatic nitrogens is 2. The van der Waals surface area contributed by atoms with E-state index in [9.17, 15) is 5.11 Å². The molecule has 1 saturated carbocycles. The fraction of sp³-hybridized carbons (Fsp3) is 0.323. The van der Waals surface area contributed by atoms with E-state index in [4.69, 9.17) is 14.6 Å². The van der Waals surface area contributed by atoms with Gasteiger partial charge in [-0.15, -0.1) is 0 Å². The van der Waals surface area contributed by atoms with E-state index in [2.05, 4.69) is 11.8 Å². The Morgan fingerprint density at radius 1 is 0.919 bits per heavy atom. The Morgan fingerprint density at radius 3 is 2.27 bits per heavy atom. The van der Waals surface area contributed by atoms with Gasteiger partial charge in [-0.1, -0.05) is 54.1 Å². The molecule has 37 heavy (non-hydrogen) atoms. The van der Waals surface area contributed by atoms with E-state index in [-0.39, 0.29) is 6.61 Å². The van der Waals surface area contributed by atoms with E-state index in [1.54, 1.807) is 0 Å². The van der Waals surface area contributed by atoms with Crippen LogP contribution in [0.3, 0.4) is 0 Å². The maximum Gasteiger partial charge on any atom is 0.227 e. The lowest BCUT2D eigenvalue weighted by Crippen LogP contribution is -2.36. The molecule has 0 bridgehead atoms. The quantitative estimate of drug-likeness (QED) is 0.263. The van der Waals surface area contributed by atoms with Crippen molar-refractivity contribution in [2.24, 2.45) is 5.92 Å². The molecule has 4 aromatic rings. The monoisotopic (exact) mass is 497 g/mol. The number of aliphatic hydroxyl groups excluding tert-OH is 1. The molecule has 192 valence electrons. The van der Waals surface area contributed by atoms with Crippen molar-refractivity contribution in [1.82, 2.24) is 14.7 Å². The topological polar surface area (TPSA) is 59.8 Å². The number of rotatable bonds is 12. The van der Waals surface area contributed by atoms with E-state index in [0.717, 1.165) is 35.0 Å². The predicted molar refractivity (Wildman–Crippen MR) is 145 cm³/mol. The molecule has 0 aliphatic heterocycles. The molecule has 1 aromatic heterocycles. The zero-order valence-corrected chi connectivity index (χ0v) is 21.6. The number of benzene rings is 3. The Morgan fingerprint density at radius 2 is 1.59 bits per heavy atom. The minimum atomic E-state index is -0.607. The van der Waals surface area contributed by atoms with Crippen LogP contribution >= 0.6 is 0 Å². The third kappa shape index (κ3) is 6.79. The lowest BCUT2D eigenvalue weighted by molar-refractivity contribution is 0.0636. The van der Waals surface area contributed by atoms with Crippen LogP contribution in [0.4, 0.5) is 0 Å². The van der Waals surface area contributed by atoms with Crippen LogP contribution in [0.15, 0.2) is 84.9 Å². The SMILES string of the molecule is Cc1ccc(Oc2c(CN(CC(O)COc3ccccc3)CC3CC3)c(C)nn2-c2ccccc2)cc1. The first-order valence-electron chi connectivity index (χ1n) is 13.0. The summed E-state index contributed by atoms with van der Waals surface area (Å²) in [4.78, 5) is 2.32. The summed E-state index contributed by atoms with van der Waals surface area (Å²) < 4.78 is 14.2. The van der Waals surface area contributed by atoms with Crippen LogP contribution in [0, 0.1) is 19.8 Å². The molecule has 1 unspecified atom stereocenters. The molecule has 0 radical (unpaired) electrons. The van der Waals surface area contributed by atoms with E-state index < -0.39 is 6.10 Å². The minimum absolute atomic E-state index is 0.250. The van der Waals surface area contributed by atoms with Crippen molar-refractivity contribution in [2.75, 3.05) is 19.7 Å². The maximum atomic E-state index is 10.9. The predicted octanol–water partition coefficient (Wildman–Crippen LogP) is 5.93. The fourth-order valence-corrected chi connectivity index (χ4v) is 4.44. The van der Waals surface area contributed by atoms with Crippen LogP contribution in [0.25, 0.3) is 5.69 Å². The highest BCUT2D eigenvalue weighted by molar-refractivity contribution is 5.43. The van der Waals surface area contributed by atoms with Gasteiger partial charge in [0.05, 0.1) is 16.9 Å². The van der Waals surface area contributed by atoms with Crippen molar-refractivity contribution in [1.29, 1.82) is 0 Å². The molecule has 6 heteroatoms. The summed E-state index contributed by atoms with van der Waals surface area (Å²) in [6.45, 7) is 6.43. The Bertz CT molecular complexity index is 1270. The molecule has 0 amide bonds. The number of aliphatic hydroxyl groups is 1. The average Bonchev–Trinajstić information content (AvgIpc) is 3.69. The number of ether oxygens (including phenoxy) is 2. The molecule has 1 aliphatic rings. The van der Waals surface area contributed by atoms with Crippen molar-refractivity contribution in [3.63, 3.8) is 0 Å². The van der Waals surface area contributed by atoms with Crippen LogP contribution in [0.5, 0.6) is 17.4 Å². The van der Waals surface area contributed by atoms with Crippen molar-refractivity contribution < 1.29 is 14.6 Å². The molecular weight excluding hydrogens is 462 g/mol. The average molecular weight is 498 g/mol. The molecule has 0 saturated heterocycles. The first-order valence-corrected chi connectivity index (χ1v) is 13.0. The first kappa shape index (κ1) is 25.1. The van der Waals surface area contributed by atoms with Crippen LogP contribution < -0.4 is 9.47 Å². The van der Waals surface area contributed by atoms with E-state index in [1.807, 2.05) is 96.5 Å². The Hall–Kier alpha value is -3.61. The molecule has 1 fully saturated rings. The second-order valence-electron chi connectivity index (χ2n) is 9.95. The number of hydrogen-bond acceptors (Lipinski definition) is 5. The third-order valence-corrected chi connectivity index (χ3v) is 6.62. The van der Waals surface area contributed by atoms with Gasteiger partial charge in [0.1, 0.15) is 24.2 Å². The van der Waals surface area contributed by atoms with Gasteiger partial charge in [0.25, 0.3) is 0 Å². The van der Waals surface area contributed by atoms with Crippen molar-refractivity contribution >= 4 is 0 Å². The number of hydrogen-bond donors (Lipinski definition) is 1. The number of nitrogens with zero attached hydrogens (tertiary/aromatic N) is 3. The molecule has 1 atom stereocenters. The van der Waals surface area contributed by atoms with Gasteiger partial charge >= 0.3 is 0 Å². The minimum Gasteiger partial charge on any atom is -0.491 e. The molecule has 0 spiro atoms. The van der Waals surface area contributed by atoms with Gasteiger partial charge < -0.3 is 14.6 Å². The van der Waals surface area contributed by atoms with Gasteiger partial charge in [-0.2, -0.15) is 5.10 Å². The van der Waals surface area contributed by atoms with Gasteiger partial charge in [0.2, 0.25) is 5.88 Å². The van der Waals surface area contributed by atoms with E-state index in [1.165, 1.54) is 18.4 Å². The van der Waals surface area contributed by atoms with Crippen molar-refractivity contribution in [3.8, 4) is 23.1 Å². The molecule has 3 aromatic carbocycles. The normalized spacial score (nSPS) is 14.1. The molecular formula is C31H35N3O3. The molecule has 5 rings (SSSR count). The summed E-state index contributed by atoms with van der Waals surface area (Å²) in [7, 11) is 0. The van der Waals surface area contributed by atoms with Crippen LogP contribution in [-0.2, 0) is 6.54 Å². The standard InChI is InChI=1S/C31H35N3O3/c1-23-13-17-29(18-14-23)37-31-30(24(2)32-34(31)26-9-5-3-6-10-26)21-33(19-25-15-16-25)20-27(35)22-36-28-11-7-4-8-12-28/h3-14,17-18,25,27,35H,15-16,19-22H2,1-2H3. The summed E-state index contributed by atoms with van der Waals surface area (Å²) in [5, 5.41) is 15.7. The highest BCUT2D eigenvalue weighted by atomic mass is 16.5. The van der Waals surface area contributed by atoms with Gasteiger partial charge in [-0.3, -0.25) is 4.90 Å².